The number of thiophene rings is 1. The van der Waals surface area contributed by atoms with Crippen LogP contribution in [0.25, 0.3) is 0 Å². The highest BCUT2D eigenvalue weighted by molar-refractivity contribution is 7.80. The summed E-state index contributed by atoms with van der Waals surface area (Å²) in [6, 6.07) is 5.50. The van der Waals surface area contributed by atoms with Crippen LogP contribution in [0, 0.1) is 11.3 Å². The van der Waals surface area contributed by atoms with Crippen LogP contribution < -0.4 is 10.6 Å². The highest BCUT2D eigenvalue weighted by Gasteiger charge is 2.20. The molecule has 124 valence electrons. The molecule has 24 heavy (non-hydrogen) atoms. The third kappa shape index (κ3) is 3.66. The van der Waals surface area contributed by atoms with E-state index in [1.165, 1.54) is 24.0 Å². The van der Waals surface area contributed by atoms with E-state index < -0.39 is 5.91 Å². The lowest BCUT2D eigenvalue weighted by molar-refractivity contribution is 0.0950. The van der Waals surface area contributed by atoms with Crippen LogP contribution in [0.4, 0.5) is 5.00 Å². The fraction of sp³-hybridized carbons (Fsp3) is 0.353. The number of nitriles is 1. The normalized spacial score (nSPS) is 14.0. The number of furan rings is 1. The number of anilines is 1. The van der Waals surface area contributed by atoms with Gasteiger partial charge in [0, 0.05) is 4.88 Å². The van der Waals surface area contributed by atoms with Gasteiger partial charge in [0.25, 0.3) is 5.91 Å². The highest BCUT2D eigenvalue weighted by Crippen LogP contribution is 2.36. The Balaban J connectivity index is 1.75. The molecule has 5 nitrogen and oxygen atoms in total. The lowest BCUT2D eigenvalue weighted by Gasteiger charge is -2.09. The minimum Gasteiger partial charge on any atom is -0.459 e. The van der Waals surface area contributed by atoms with Gasteiger partial charge in [-0.25, -0.2) is 0 Å². The number of fused-ring (bicyclic) bond motifs is 1. The molecule has 0 radical (unpaired) electrons. The topological polar surface area (TPSA) is 78.1 Å². The Morgan fingerprint density at radius 1 is 1.29 bits per heavy atom. The molecule has 0 aromatic carbocycles. The van der Waals surface area contributed by atoms with E-state index in [9.17, 15) is 10.1 Å². The van der Waals surface area contributed by atoms with Crippen molar-refractivity contribution >= 4 is 39.6 Å². The second kappa shape index (κ2) is 7.60. The molecule has 0 saturated carbocycles. The quantitative estimate of drug-likeness (QED) is 0.793. The summed E-state index contributed by atoms with van der Waals surface area (Å²) in [5, 5.41) is 16.0. The second-order valence-electron chi connectivity index (χ2n) is 5.62. The molecule has 1 amide bonds. The van der Waals surface area contributed by atoms with Gasteiger partial charge in [0.15, 0.2) is 10.9 Å². The Hall–Kier alpha value is -2.17. The largest absolute Gasteiger partial charge is 0.459 e. The molecule has 0 saturated heterocycles. The van der Waals surface area contributed by atoms with Gasteiger partial charge in [-0.1, -0.05) is 12.8 Å². The molecular formula is C17H17N3O2S2. The van der Waals surface area contributed by atoms with Gasteiger partial charge in [-0.15, -0.1) is 11.3 Å². The Bertz CT molecular complexity index is 788. The van der Waals surface area contributed by atoms with E-state index in [0.717, 1.165) is 31.2 Å². The number of rotatable bonds is 2. The molecule has 2 aromatic rings. The maximum Gasteiger partial charge on any atom is 0.293 e. The van der Waals surface area contributed by atoms with Gasteiger partial charge in [0.1, 0.15) is 11.1 Å². The van der Waals surface area contributed by atoms with Gasteiger partial charge in [0.05, 0.1) is 11.8 Å². The van der Waals surface area contributed by atoms with Crippen molar-refractivity contribution in [2.24, 2.45) is 0 Å². The summed E-state index contributed by atoms with van der Waals surface area (Å²) in [4.78, 5) is 13.2. The molecule has 2 aromatic heterocycles. The van der Waals surface area contributed by atoms with Gasteiger partial charge in [-0.2, -0.15) is 5.26 Å². The number of nitrogens with zero attached hydrogens (tertiary/aromatic N) is 1. The van der Waals surface area contributed by atoms with Crippen molar-refractivity contribution in [2.45, 2.75) is 38.5 Å². The number of aryl methyl sites for hydroxylation is 1. The molecule has 2 heterocycles. The first kappa shape index (κ1) is 16.7. The summed E-state index contributed by atoms with van der Waals surface area (Å²) < 4.78 is 5.04. The number of amides is 1. The molecule has 0 bridgehead atoms. The molecule has 0 fully saturated rings. The first-order valence-corrected chi connectivity index (χ1v) is 9.12. The van der Waals surface area contributed by atoms with Crippen LogP contribution in [0.2, 0.25) is 0 Å². The van der Waals surface area contributed by atoms with Crippen molar-refractivity contribution < 1.29 is 9.21 Å². The fourth-order valence-corrected chi connectivity index (χ4v) is 4.34. The average Bonchev–Trinajstić information content (AvgIpc) is 3.16. The summed E-state index contributed by atoms with van der Waals surface area (Å²) in [5.74, 6) is -0.218. The monoisotopic (exact) mass is 359 g/mol. The number of thiocarbonyl (C=S) groups is 1. The molecule has 1 aliphatic rings. The van der Waals surface area contributed by atoms with E-state index in [0.29, 0.717) is 10.6 Å². The smallest absolute Gasteiger partial charge is 0.293 e. The minimum atomic E-state index is -0.411. The molecule has 0 atom stereocenters. The maximum atomic E-state index is 12.0. The number of carbonyl (C=O) groups is 1. The Morgan fingerprint density at radius 3 is 2.79 bits per heavy atom. The molecule has 2 N–H and O–H groups in total. The van der Waals surface area contributed by atoms with Crippen molar-refractivity contribution in [2.75, 3.05) is 5.32 Å². The average molecular weight is 359 g/mol. The van der Waals surface area contributed by atoms with Crippen molar-refractivity contribution in [3.05, 3.63) is 40.2 Å². The van der Waals surface area contributed by atoms with E-state index in [-0.39, 0.29) is 10.9 Å². The van der Waals surface area contributed by atoms with E-state index in [2.05, 4.69) is 16.7 Å². The van der Waals surface area contributed by atoms with Crippen LogP contribution in [0.5, 0.6) is 0 Å². The summed E-state index contributed by atoms with van der Waals surface area (Å²) >= 11 is 6.77. The molecule has 0 spiro atoms. The summed E-state index contributed by atoms with van der Waals surface area (Å²) in [5.41, 5.74) is 1.80. The predicted molar refractivity (Wildman–Crippen MR) is 97.3 cm³/mol. The molecule has 0 aliphatic heterocycles. The predicted octanol–water partition coefficient (Wildman–Crippen LogP) is 4.00. The van der Waals surface area contributed by atoms with Gasteiger partial charge in [-0.05, 0) is 55.6 Å². The van der Waals surface area contributed by atoms with E-state index in [1.54, 1.807) is 23.5 Å². The van der Waals surface area contributed by atoms with E-state index in [4.69, 9.17) is 16.6 Å². The Kier molecular flexibility index (Phi) is 5.28. The molecule has 3 rings (SSSR count). The fourth-order valence-electron chi connectivity index (χ4n) is 2.83. The first-order valence-electron chi connectivity index (χ1n) is 7.89. The minimum absolute atomic E-state index is 0.169. The third-order valence-electron chi connectivity index (χ3n) is 3.98. The van der Waals surface area contributed by atoms with E-state index >= 15 is 0 Å². The summed E-state index contributed by atoms with van der Waals surface area (Å²) in [6.45, 7) is 0. The van der Waals surface area contributed by atoms with Gasteiger partial charge < -0.3 is 9.73 Å². The SMILES string of the molecule is N#Cc1c(NC(=S)NC(=O)c2ccco2)sc2c1CCCCCC2. The van der Waals surface area contributed by atoms with Crippen LogP contribution in [-0.2, 0) is 12.8 Å². The van der Waals surface area contributed by atoms with E-state index in [1.807, 2.05) is 0 Å². The standard InChI is InChI=1S/C17H17N3O2S2/c18-10-12-11-6-3-1-2-4-8-14(11)24-16(12)20-17(23)19-15(21)13-7-5-9-22-13/h5,7,9H,1-4,6,8H2,(H2,19,20,21,23). The molecule has 0 unspecified atom stereocenters. The second-order valence-corrected chi connectivity index (χ2v) is 7.13. The highest BCUT2D eigenvalue weighted by atomic mass is 32.1. The zero-order chi connectivity index (χ0) is 16.9. The van der Waals surface area contributed by atoms with Gasteiger partial charge >= 0.3 is 0 Å². The van der Waals surface area contributed by atoms with Crippen LogP contribution in [0.1, 0.15) is 52.2 Å². The Labute approximate surface area is 149 Å². The number of carbonyl (C=O) groups excluding carboxylic acids is 1. The van der Waals surface area contributed by atoms with Gasteiger partial charge in [0.2, 0.25) is 0 Å². The zero-order valence-electron chi connectivity index (χ0n) is 13.1. The summed E-state index contributed by atoms with van der Waals surface area (Å²) in [7, 11) is 0. The van der Waals surface area contributed by atoms with Crippen LogP contribution in [0.3, 0.4) is 0 Å². The number of nitrogens with one attached hydrogen (secondary N) is 2. The van der Waals surface area contributed by atoms with Crippen molar-refractivity contribution in [3.63, 3.8) is 0 Å². The van der Waals surface area contributed by atoms with Crippen LogP contribution in [0.15, 0.2) is 22.8 Å². The maximum absolute atomic E-state index is 12.0. The lowest BCUT2D eigenvalue weighted by Crippen LogP contribution is -2.33. The van der Waals surface area contributed by atoms with Crippen molar-refractivity contribution in [1.29, 1.82) is 5.26 Å². The Morgan fingerprint density at radius 2 is 2.08 bits per heavy atom. The van der Waals surface area contributed by atoms with Crippen molar-refractivity contribution in [3.8, 4) is 6.07 Å². The summed E-state index contributed by atoms with van der Waals surface area (Å²) in [6.07, 6.45) is 8.07. The molecule has 7 heteroatoms. The third-order valence-corrected chi connectivity index (χ3v) is 5.39. The van der Waals surface area contributed by atoms with Crippen molar-refractivity contribution in [1.82, 2.24) is 5.32 Å². The zero-order valence-corrected chi connectivity index (χ0v) is 14.7. The van der Waals surface area contributed by atoms with Gasteiger partial charge in [-0.3, -0.25) is 10.1 Å². The van der Waals surface area contributed by atoms with Crippen LogP contribution >= 0.6 is 23.6 Å². The lowest BCUT2D eigenvalue weighted by atomic mass is 9.97. The molecular weight excluding hydrogens is 342 g/mol. The number of hydrogen-bond donors (Lipinski definition) is 2. The molecule has 1 aliphatic carbocycles. The number of hydrogen-bond acceptors (Lipinski definition) is 5. The first-order chi connectivity index (χ1) is 11.7. The van der Waals surface area contributed by atoms with Crippen LogP contribution in [-0.4, -0.2) is 11.0 Å².